The van der Waals surface area contributed by atoms with E-state index in [9.17, 15) is 5.11 Å². The van der Waals surface area contributed by atoms with E-state index in [0.717, 1.165) is 28.1 Å². The highest BCUT2D eigenvalue weighted by molar-refractivity contribution is 5.75. The largest absolute Gasteiger partial charge is 0.489 e. The van der Waals surface area contributed by atoms with Crippen molar-refractivity contribution >= 4 is 17.0 Å². The van der Waals surface area contributed by atoms with Crippen LogP contribution >= 0.6 is 0 Å². The minimum atomic E-state index is -0.513. The molecule has 0 spiro atoms. The fourth-order valence-corrected chi connectivity index (χ4v) is 3.80. The highest BCUT2D eigenvalue weighted by Crippen LogP contribution is 2.32. The Kier molecular flexibility index (Phi) is 5.69. The Morgan fingerprint density at radius 2 is 2.21 bits per heavy atom. The molecule has 1 aliphatic heterocycles. The standard InChI is InChI=1S/C24H24N6O3/c1-3-4-17-10-20(22(13-25-17)33-15-23-21(31)6-8-32-23)16-5-7-30-19(9-16)11-24(28-30)27-18-12-26-29(2)14-18/h5,7,9-14,21,23,31H,6,8,15H2,1-2H3,(H,27,28)/t21-,23+/m0/s1. The van der Waals surface area contributed by atoms with Gasteiger partial charge in [0, 0.05) is 37.7 Å². The lowest BCUT2D eigenvalue weighted by atomic mass is 10.1. The van der Waals surface area contributed by atoms with Crippen LogP contribution in [-0.2, 0) is 11.8 Å². The number of aliphatic hydroxyl groups excluding tert-OH is 1. The van der Waals surface area contributed by atoms with Crippen molar-refractivity contribution in [1.29, 1.82) is 0 Å². The third kappa shape index (κ3) is 4.53. The molecular formula is C24H24N6O3. The molecule has 168 valence electrons. The van der Waals surface area contributed by atoms with Gasteiger partial charge in [-0.1, -0.05) is 5.92 Å². The lowest BCUT2D eigenvalue weighted by molar-refractivity contribution is 0.0110. The maximum absolute atomic E-state index is 10.0. The van der Waals surface area contributed by atoms with Crippen LogP contribution in [0.3, 0.4) is 0 Å². The second kappa shape index (κ2) is 8.94. The summed E-state index contributed by atoms with van der Waals surface area (Å²) in [6.07, 6.45) is 6.98. The van der Waals surface area contributed by atoms with Crippen LogP contribution in [-0.4, -0.2) is 54.9 Å². The monoisotopic (exact) mass is 444 g/mol. The Labute approximate surface area is 191 Å². The van der Waals surface area contributed by atoms with Crippen molar-refractivity contribution in [2.45, 2.75) is 25.6 Å². The highest BCUT2D eigenvalue weighted by atomic mass is 16.5. The molecule has 0 radical (unpaired) electrons. The number of nitrogens with zero attached hydrogens (tertiary/aromatic N) is 5. The van der Waals surface area contributed by atoms with Gasteiger partial charge in [0.05, 0.1) is 29.7 Å². The SMILES string of the molecule is CC#Cc1cc(-c2ccn3nc(Nc4cnn(C)c4)cc3c2)c(OC[C@H]2OCC[C@@H]2O)cn1. The van der Waals surface area contributed by atoms with E-state index in [0.29, 0.717) is 24.5 Å². The van der Waals surface area contributed by atoms with E-state index in [1.807, 2.05) is 43.7 Å². The predicted molar refractivity (Wildman–Crippen MR) is 123 cm³/mol. The smallest absolute Gasteiger partial charge is 0.153 e. The molecule has 9 nitrogen and oxygen atoms in total. The number of nitrogens with one attached hydrogen (secondary N) is 1. The van der Waals surface area contributed by atoms with Crippen LogP contribution in [0.1, 0.15) is 19.0 Å². The zero-order valence-electron chi connectivity index (χ0n) is 18.4. The minimum absolute atomic E-state index is 0.253. The predicted octanol–water partition coefficient (Wildman–Crippen LogP) is 2.77. The molecule has 4 aromatic heterocycles. The summed E-state index contributed by atoms with van der Waals surface area (Å²) in [5, 5.41) is 22.0. The van der Waals surface area contributed by atoms with Gasteiger partial charge in [-0.15, -0.1) is 0 Å². The van der Waals surface area contributed by atoms with E-state index >= 15 is 0 Å². The van der Waals surface area contributed by atoms with Gasteiger partial charge in [-0.25, -0.2) is 9.50 Å². The van der Waals surface area contributed by atoms with Crippen molar-refractivity contribution in [3.05, 3.63) is 54.7 Å². The van der Waals surface area contributed by atoms with E-state index < -0.39 is 6.10 Å². The molecule has 1 fully saturated rings. The zero-order valence-corrected chi connectivity index (χ0v) is 18.4. The number of aliphatic hydroxyl groups is 1. The van der Waals surface area contributed by atoms with Crippen molar-refractivity contribution in [3.8, 4) is 28.7 Å². The molecule has 5 rings (SSSR count). The normalized spacial score (nSPS) is 17.7. The molecular weight excluding hydrogens is 420 g/mol. The summed E-state index contributed by atoms with van der Waals surface area (Å²) < 4.78 is 15.1. The summed E-state index contributed by atoms with van der Waals surface area (Å²) in [7, 11) is 1.87. The average Bonchev–Trinajstić information content (AvgIpc) is 3.52. The minimum Gasteiger partial charge on any atom is -0.489 e. The molecule has 0 saturated carbocycles. The number of aromatic nitrogens is 5. The number of pyridine rings is 2. The molecule has 2 N–H and O–H groups in total. The molecule has 5 heterocycles. The fraction of sp³-hybridized carbons (Fsp3) is 0.292. The Hall–Kier alpha value is -3.87. The van der Waals surface area contributed by atoms with Crippen LogP contribution in [0.15, 0.2) is 49.1 Å². The first-order valence-corrected chi connectivity index (χ1v) is 10.7. The molecule has 0 amide bonds. The zero-order chi connectivity index (χ0) is 22.8. The van der Waals surface area contributed by atoms with Crippen molar-refractivity contribution in [1.82, 2.24) is 24.4 Å². The quantitative estimate of drug-likeness (QED) is 0.441. The number of aryl methyl sites for hydroxylation is 1. The van der Waals surface area contributed by atoms with E-state index in [1.165, 1.54) is 0 Å². The Bertz CT molecular complexity index is 1350. The molecule has 9 heteroatoms. The Balaban J connectivity index is 1.45. The fourth-order valence-electron chi connectivity index (χ4n) is 3.80. The first kappa shape index (κ1) is 21.0. The van der Waals surface area contributed by atoms with Crippen LogP contribution in [0, 0.1) is 11.8 Å². The number of rotatable bonds is 6. The van der Waals surface area contributed by atoms with Crippen LogP contribution in [0.2, 0.25) is 0 Å². The highest BCUT2D eigenvalue weighted by Gasteiger charge is 2.27. The molecule has 4 aromatic rings. The Morgan fingerprint density at radius 3 is 2.97 bits per heavy atom. The van der Waals surface area contributed by atoms with Gasteiger partial charge in [-0.2, -0.15) is 10.2 Å². The van der Waals surface area contributed by atoms with Gasteiger partial charge in [-0.05, 0) is 43.0 Å². The molecule has 33 heavy (non-hydrogen) atoms. The summed E-state index contributed by atoms with van der Waals surface area (Å²) >= 11 is 0. The average molecular weight is 444 g/mol. The van der Waals surface area contributed by atoms with Gasteiger partial charge in [-0.3, -0.25) is 4.68 Å². The third-order valence-electron chi connectivity index (χ3n) is 5.45. The second-order valence-electron chi connectivity index (χ2n) is 7.86. The lowest BCUT2D eigenvalue weighted by Crippen LogP contribution is -2.28. The number of fused-ring (bicyclic) bond motifs is 1. The van der Waals surface area contributed by atoms with E-state index in [1.54, 1.807) is 28.5 Å². The van der Waals surface area contributed by atoms with Gasteiger partial charge in [0.15, 0.2) is 5.82 Å². The summed E-state index contributed by atoms with van der Waals surface area (Å²) in [4.78, 5) is 4.40. The molecule has 0 aliphatic carbocycles. The Morgan fingerprint density at radius 1 is 1.30 bits per heavy atom. The second-order valence-corrected chi connectivity index (χ2v) is 7.86. The molecule has 1 aliphatic rings. The number of hydrogen-bond donors (Lipinski definition) is 2. The first-order valence-electron chi connectivity index (χ1n) is 10.7. The molecule has 1 saturated heterocycles. The van der Waals surface area contributed by atoms with Crippen LogP contribution < -0.4 is 10.1 Å². The number of ether oxygens (including phenoxy) is 2. The maximum atomic E-state index is 10.0. The molecule has 0 bridgehead atoms. The lowest BCUT2D eigenvalue weighted by Gasteiger charge is -2.17. The molecule has 2 atom stereocenters. The summed E-state index contributed by atoms with van der Waals surface area (Å²) in [5.41, 5.74) is 4.24. The first-order chi connectivity index (χ1) is 16.1. The van der Waals surface area contributed by atoms with Gasteiger partial charge >= 0.3 is 0 Å². The summed E-state index contributed by atoms with van der Waals surface area (Å²) in [5.74, 6) is 7.22. The van der Waals surface area contributed by atoms with Crippen molar-refractivity contribution < 1.29 is 14.6 Å². The third-order valence-corrected chi connectivity index (χ3v) is 5.45. The van der Waals surface area contributed by atoms with Crippen molar-refractivity contribution in [2.75, 3.05) is 18.5 Å². The van der Waals surface area contributed by atoms with Crippen LogP contribution in [0.4, 0.5) is 11.5 Å². The van der Waals surface area contributed by atoms with Gasteiger partial charge in [0.1, 0.15) is 24.2 Å². The topological polar surface area (TPSA) is 98.7 Å². The maximum Gasteiger partial charge on any atom is 0.153 e. The van der Waals surface area contributed by atoms with Gasteiger partial charge in [0.2, 0.25) is 0 Å². The summed E-state index contributed by atoms with van der Waals surface area (Å²) in [6.45, 7) is 2.57. The molecule has 0 aromatic carbocycles. The van der Waals surface area contributed by atoms with E-state index in [4.69, 9.17) is 9.47 Å². The molecule has 0 unspecified atom stereocenters. The number of anilines is 2. The van der Waals surface area contributed by atoms with Crippen molar-refractivity contribution in [2.24, 2.45) is 7.05 Å². The van der Waals surface area contributed by atoms with E-state index in [2.05, 4.69) is 32.3 Å². The van der Waals surface area contributed by atoms with Crippen LogP contribution in [0.5, 0.6) is 5.75 Å². The summed E-state index contributed by atoms with van der Waals surface area (Å²) in [6, 6.07) is 7.89. The van der Waals surface area contributed by atoms with Gasteiger partial charge < -0.3 is 19.9 Å². The van der Waals surface area contributed by atoms with Gasteiger partial charge in [0.25, 0.3) is 0 Å². The van der Waals surface area contributed by atoms with E-state index in [-0.39, 0.29) is 12.7 Å². The number of hydrogen-bond acceptors (Lipinski definition) is 7. The van der Waals surface area contributed by atoms with Crippen LogP contribution in [0.25, 0.3) is 16.6 Å². The van der Waals surface area contributed by atoms with Crippen molar-refractivity contribution in [3.63, 3.8) is 0 Å².